The Morgan fingerprint density at radius 1 is 0.929 bits per heavy atom. The van der Waals surface area contributed by atoms with Gasteiger partial charge < -0.3 is 18.9 Å². The molecule has 2 heterocycles. The highest BCUT2D eigenvalue weighted by Gasteiger charge is 2.24. The molecule has 0 bridgehead atoms. The predicted molar refractivity (Wildman–Crippen MR) is 149 cm³/mol. The molecule has 0 atom stereocenters. The summed E-state index contributed by atoms with van der Waals surface area (Å²) in [6.45, 7) is 4.64. The van der Waals surface area contributed by atoms with Crippen molar-refractivity contribution in [2.24, 2.45) is 0 Å². The number of halogens is 3. The molecular weight excluding hydrogens is 575 g/mol. The summed E-state index contributed by atoms with van der Waals surface area (Å²) in [5.41, 5.74) is 0.271. The molecule has 3 aromatic carbocycles. The van der Waals surface area contributed by atoms with Crippen LogP contribution in [0.25, 0.3) is 10.9 Å². The maximum Gasteiger partial charge on any atom is 0.267 e. The molecule has 0 radical (unpaired) electrons. The van der Waals surface area contributed by atoms with E-state index in [0.717, 1.165) is 63.5 Å². The lowest BCUT2D eigenvalue weighted by Crippen LogP contribution is -2.37. The van der Waals surface area contributed by atoms with Crippen molar-refractivity contribution in [1.29, 1.82) is 0 Å². The van der Waals surface area contributed by atoms with E-state index in [-0.39, 0.29) is 17.2 Å². The third-order valence-electron chi connectivity index (χ3n) is 6.56. The smallest absolute Gasteiger partial charge is 0.267 e. The van der Waals surface area contributed by atoms with Crippen LogP contribution in [0.15, 0.2) is 65.7 Å². The van der Waals surface area contributed by atoms with E-state index >= 15 is 4.39 Å². The molecule has 4 aromatic rings. The average molecular weight is 604 g/mol. The number of rotatable bonds is 11. The van der Waals surface area contributed by atoms with Crippen LogP contribution in [0, 0.1) is 17.5 Å². The fourth-order valence-electron chi connectivity index (χ4n) is 4.50. The number of hydrogen-bond acceptors (Lipinski definition) is 8. The van der Waals surface area contributed by atoms with Gasteiger partial charge in [0, 0.05) is 43.4 Å². The highest BCUT2D eigenvalue weighted by Crippen LogP contribution is 2.38. The lowest BCUT2D eigenvalue weighted by molar-refractivity contribution is 0.0357. The number of benzene rings is 3. The molecule has 0 saturated carbocycles. The van der Waals surface area contributed by atoms with Crippen LogP contribution in [0.5, 0.6) is 23.0 Å². The minimum absolute atomic E-state index is 0.218. The van der Waals surface area contributed by atoms with Crippen molar-refractivity contribution in [2.75, 3.05) is 51.3 Å². The van der Waals surface area contributed by atoms with E-state index in [1.54, 1.807) is 18.2 Å². The second-order valence-electron chi connectivity index (χ2n) is 9.39. The fraction of sp³-hybridized carbons (Fsp3) is 0.276. The summed E-state index contributed by atoms with van der Waals surface area (Å²) in [6.07, 6.45) is 2.31. The number of sulfonamides is 1. The lowest BCUT2D eigenvalue weighted by atomic mass is 10.1. The van der Waals surface area contributed by atoms with Gasteiger partial charge in [-0.1, -0.05) is 6.07 Å². The second-order valence-corrected chi connectivity index (χ2v) is 11.0. The Bertz CT molecular complexity index is 1660. The van der Waals surface area contributed by atoms with Crippen LogP contribution < -0.4 is 18.9 Å². The van der Waals surface area contributed by atoms with Crippen LogP contribution in [-0.4, -0.2) is 64.9 Å². The van der Waals surface area contributed by atoms with Gasteiger partial charge in [0.2, 0.25) is 0 Å². The van der Waals surface area contributed by atoms with Gasteiger partial charge in [-0.3, -0.25) is 14.6 Å². The van der Waals surface area contributed by atoms with Crippen molar-refractivity contribution in [3.63, 3.8) is 0 Å². The van der Waals surface area contributed by atoms with Crippen LogP contribution in [0.1, 0.15) is 6.42 Å². The van der Waals surface area contributed by atoms with E-state index in [4.69, 9.17) is 18.9 Å². The summed E-state index contributed by atoms with van der Waals surface area (Å²) >= 11 is 0. The first-order valence-corrected chi connectivity index (χ1v) is 14.6. The molecule has 9 nitrogen and oxygen atoms in total. The molecule has 1 aromatic heterocycles. The molecule has 0 unspecified atom stereocenters. The van der Waals surface area contributed by atoms with Crippen LogP contribution in [0.4, 0.5) is 18.9 Å². The van der Waals surface area contributed by atoms with E-state index in [1.165, 1.54) is 25.4 Å². The molecule has 0 amide bonds. The van der Waals surface area contributed by atoms with Gasteiger partial charge in [0.15, 0.2) is 28.0 Å². The maximum atomic E-state index is 15.0. The molecular formula is C29H28F3N3O6S. The second kappa shape index (κ2) is 12.8. The summed E-state index contributed by atoms with van der Waals surface area (Å²) in [5, 5.41) is 0.522. The minimum atomic E-state index is -4.67. The third-order valence-corrected chi connectivity index (χ3v) is 7.99. The number of nitrogens with one attached hydrogen (secondary N) is 1. The zero-order chi connectivity index (χ0) is 29.7. The first kappa shape index (κ1) is 29.4. The zero-order valence-corrected chi connectivity index (χ0v) is 23.4. The molecule has 5 rings (SSSR count). The first-order chi connectivity index (χ1) is 20.2. The van der Waals surface area contributed by atoms with Crippen molar-refractivity contribution >= 4 is 26.6 Å². The quantitative estimate of drug-likeness (QED) is 0.229. The Balaban J connectivity index is 1.31. The molecule has 1 fully saturated rings. The van der Waals surface area contributed by atoms with Gasteiger partial charge in [0.05, 0.1) is 38.1 Å². The van der Waals surface area contributed by atoms with E-state index in [0.29, 0.717) is 29.0 Å². The van der Waals surface area contributed by atoms with E-state index in [9.17, 15) is 17.2 Å². The van der Waals surface area contributed by atoms with Gasteiger partial charge in [-0.05, 0) is 42.8 Å². The Labute approximate surface area is 240 Å². The molecule has 0 aliphatic carbocycles. The predicted octanol–water partition coefficient (Wildman–Crippen LogP) is 5.35. The minimum Gasteiger partial charge on any atom is -0.493 e. The van der Waals surface area contributed by atoms with E-state index in [2.05, 4.69) is 9.88 Å². The van der Waals surface area contributed by atoms with Crippen LogP contribution in [0.2, 0.25) is 0 Å². The topological polar surface area (TPSA) is 99.2 Å². The highest BCUT2D eigenvalue weighted by atomic mass is 32.2. The van der Waals surface area contributed by atoms with Gasteiger partial charge in [-0.2, -0.15) is 0 Å². The largest absolute Gasteiger partial charge is 0.493 e. The molecule has 1 N–H and O–H groups in total. The van der Waals surface area contributed by atoms with Crippen LogP contribution >= 0.6 is 0 Å². The summed E-state index contributed by atoms with van der Waals surface area (Å²) < 4.78 is 92.8. The van der Waals surface area contributed by atoms with Crippen molar-refractivity contribution in [3.05, 3.63) is 78.2 Å². The lowest BCUT2D eigenvalue weighted by Gasteiger charge is -2.26. The Hall–Kier alpha value is -4.07. The highest BCUT2D eigenvalue weighted by molar-refractivity contribution is 7.92. The Kier molecular flexibility index (Phi) is 9.00. The molecule has 13 heteroatoms. The van der Waals surface area contributed by atoms with Gasteiger partial charge >= 0.3 is 0 Å². The number of anilines is 1. The van der Waals surface area contributed by atoms with E-state index in [1.807, 2.05) is 4.72 Å². The Morgan fingerprint density at radius 3 is 2.40 bits per heavy atom. The van der Waals surface area contributed by atoms with Gasteiger partial charge in [-0.25, -0.2) is 21.6 Å². The normalized spacial score (nSPS) is 14.1. The number of ether oxygens (including phenoxy) is 4. The van der Waals surface area contributed by atoms with Gasteiger partial charge in [0.25, 0.3) is 10.0 Å². The standard InChI is InChI=1S/C29H28F3N3O6S/c1-38-27-17-20-24(18-28(27)40-13-3-10-35-11-14-39-15-12-35)33-9-8-25(20)41-26-7-6-19(16-23(26)32)34-42(36,37)29-21(30)4-2-5-22(29)31/h2,4-9,16-18,34H,3,10-15H2,1H3. The molecule has 1 saturated heterocycles. The summed E-state index contributed by atoms with van der Waals surface area (Å²) in [7, 11) is -3.16. The van der Waals surface area contributed by atoms with Crippen molar-refractivity contribution in [2.45, 2.75) is 11.3 Å². The molecule has 1 aliphatic heterocycles. The van der Waals surface area contributed by atoms with Crippen molar-refractivity contribution in [3.8, 4) is 23.0 Å². The van der Waals surface area contributed by atoms with Crippen LogP contribution in [-0.2, 0) is 14.8 Å². The monoisotopic (exact) mass is 603 g/mol. The van der Waals surface area contributed by atoms with Gasteiger partial charge in [0.1, 0.15) is 17.4 Å². The number of methoxy groups -OCH3 is 1. The fourth-order valence-corrected chi connectivity index (χ4v) is 5.68. The van der Waals surface area contributed by atoms with E-state index < -0.39 is 32.4 Å². The molecule has 0 spiro atoms. The molecule has 222 valence electrons. The average Bonchev–Trinajstić information content (AvgIpc) is 2.96. The Morgan fingerprint density at radius 2 is 1.69 bits per heavy atom. The number of aromatic nitrogens is 1. The van der Waals surface area contributed by atoms with Crippen molar-refractivity contribution < 1.29 is 40.5 Å². The zero-order valence-electron chi connectivity index (χ0n) is 22.6. The summed E-state index contributed by atoms with van der Waals surface area (Å²) in [4.78, 5) is 5.53. The molecule has 42 heavy (non-hydrogen) atoms. The maximum absolute atomic E-state index is 15.0. The number of hydrogen-bond donors (Lipinski definition) is 1. The van der Waals surface area contributed by atoms with Crippen LogP contribution in [0.3, 0.4) is 0 Å². The summed E-state index contributed by atoms with van der Waals surface area (Å²) in [6, 6.07) is 10.8. The van der Waals surface area contributed by atoms with Crippen molar-refractivity contribution in [1.82, 2.24) is 9.88 Å². The number of morpholine rings is 1. The van der Waals surface area contributed by atoms with Gasteiger partial charge in [-0.15, -0.1) is 0 Å². The third kappa shape index (κ3) is 6.69. The number of pyridine rings is 1. The summed E-state index contributed by atoms with van der Waals surface area (Å²) in [5.74, 6) is -2.47. The number of fused-ring (bicyclic) bond motifs is 1. The SMILES string of the molecule is COc1cc2c(Oc3ccc(NS(=O)(=O)c4c(F)cccc4F)cc3F)ccnc2cc1OCCCN1CCOCC1. The number of nitrogens with zero attached hydrogens (tertiary/aromatic N) is 2. The first-order valence-electron chi connectivity index (χ1n) is 13.1. The molecule has 1 aliphatic rings.